The van der Waals surface area contributed by atoms with Crippen molar-refractivity contribution in [2.24, 2.45) is 4.99 Å². The third-order valence-corrected chi connectivity index (χ3v) is 4.35. The van der Waals surface area contributed by atoms with E-state index in [-0.39, 0.29) is 0 Å². The lowest BCUT2D eigenvalue weighted by Gasteiger charge is -2.11. The lowest BCUT2D eigenvalue weighted by Crippen LogP contribution is -2.19. The lowest BCUT2D eigenvalue weighted by atomic mass is 10.1. The molecule has 0 atom stereocenters. The van der Waals surface area contributed by atoms with Gasteiger partial charge in [-0.3, -0.25) is 0 Å². The summed E-state index contributed by atoms with van der Waals surface area (Å²) in [7, 11) is 1.87. The topological polar surface area (TPSA) is 53.5 Å². The third kappa shape index (κ3) is 5.28. The Morgan fingerprint density at radius 3 is 2.65 bits per heavy atom. The predicted molar refractivity (Wildman–Crippen MR) is 110 cm³/mol. The Balaban J connectivity index is 2.13. The summed E-state index contributed by atoms with van der Waals surface area (Å²) in [5.41, 5.74) is 4.96. The van der Waals surface area contributed by atoms with Gasteiger partial charge in [-0.2, -0.15) is 4.99 Å². The van der Waals surface area contributed by atoms with Gasteiger partial charge in [-0.05, 0) is 55.3 Å². The van der Waals surface area contributed by atoms with Crippen LogP contribution in [0.5, 0.6) is 0 Å². The first-order chi connectivity index (χ1) is 12.4. The van der Waals surface area contributed by atoms with E-state index in [1.165, 1.54) is 5.56 Å². The van der Waals surface area contributed by atoms with Crippen LogP contribution < -0.4 is 10.6 Å². The van der Waals surface area contributed by atoms with Crippen molar-refractivity contribution in [2.75, 3.05) is 7.05 Å². The SMILES string of the molecule is C=C(NC(=O)/N=C(\C)c1cccc(CC)c1)c1cc(CNC)ccc1Cl. The monoisotopic (exact) mass is 369 g/mol. The van der Waals surface area contributed by atoms with Crippen LogP contribution in [-0.4, -0.2) is 18.8 Å². The molecule has 136 valence electrons. The minimum Gasteiger partial charge on any atom is -0.316 e. The molecular weight excluding hydrogens is 346 g/mol. The van der Waals surface area contributed by atoms with Crippen molar-refractivity contribution >= 4 is 29.0 Å². The molecule has 5 heteroatoms. The van der Waals surface area contributed by atoms with Crippen molar-refractivity contribution in [2.45, 2.75) is 26.8 Å². The van der Waals surface area contributed by atoms with Gasteiger partial charge in [-0.25, -0.2) is 4.79 Å². The number of rotatable bonds is 6. The van der Waals surface area contributed by atoms with Crippen molar-refractivity contribution in [3.8, 4) is 0 Å². The summed E-state index contributed by atoms with van der Waals surface area (Å²) in [4.78, 5) is 16.4. The quantitative estimate of drug-likeness (QED) is 0.718. The minimum atomic E-state index is -0.468. The predicted octanol–water partition coefficient (Wildman–Crippen LogP) is 4.81. The summed E-state index contributed by atoms with van der Waals surface area (Å²) in [6.07, 6.45) is 0.936. The normalized spacial score (nSPS) is 11.3. The zero-order valence-electron chi connectivity index (χ0n) is 15.4. The fourth-order valence-electron chi connectivity index (χ4n) is 2.58. The third-order valence-electron chi connectivity index (χ3n) is 4.02. The molecule has 0 fully saturated rings. The van der Waals surface area contributed by atoms with Crippen molar-refractivity contribution in [1.29, 1.82) is 0 Å². The number of aliphatic imine (C=N–C) groups is 1. The van der Waals surface area contributed by atoms with Crippen LogP contribution in [0.4, 0.5) is 4.79 Å². The van der Waals surface area contributed by atoms with Crippen LogP contribution in [0.15, 0.2) is 54.0 Å². The molecule has 0 aliphatic carbocycles. The van der Waals surface area contributed by atoms with Crippen LogP contribution in [-0.2, 0) is 13.0 Å². The standard InChI is InChI=1S/C21H24ClN3O/c1-5-16-7-6-8-18(11-16)14(2)24-21(26)25-15(3)19-12-17(13-23-4)9-10-20(19)22/h6-12,23H,3,5,13H2,1-2,4H3,(H,25,26)/b24-14+. The molecule has 0 aromatic heterocycles. The molecule has 4 nitrogen and oxygen atoms in total. The Morgan fingerprint density at radius 2 is 1.96 bits per heavy atom. The summed E-state index contributed by atoms with van der Waals surface area (Å²) in [5.74, 6) is 0. The highest BCUT2D eigenvalue weighted by molar-refractivity contribution is 6.32. The summed E-state index contributed by atoms with van der Waals surface area (Å²) in [6.45, 7) is 8.54. The number of nitrogens with zero attached hydrogens (tertiary/aromatic N) is 1. The number of carbonyl (C=O) groups excluding carboxylic acids is 1. The average Bonchev–Trinajstić information content (AvgIpc) is 2.63. The zero-order chi connectivity index (χ0) is 19.1. The highest BCUT2D eigenvalue weighted by Gasteiger charge is 2.10. The Hall–Kier alpha value is -2.43. The Kier molecular flexibility index (Phi) is 7.13. The molecule has 0 aliphatic heterocycles. The number of urea groups is 1. The first-order valence-electron chi connectivity index (χ1n) is 8.52. The summed E-state index contributed by atoms with van der Waals surface area (Å²) in [6, 6.07) is 13.2. The summed E-state index contributed by atoms with van der Waals surface area (Å²) >= 11 is 6.24. The molecule has 0 spiro atoms. The Labute approximate surface area is 160 Å². The smallest absolute Gasteiger partial charge is 0.316 e. The number of amides is 2. The van der Waals surface area contributed by atoms with Gasteiger partial charge in [0, 0.05) is 22.8 Å². The van der Waals surface area contributed by atoms with E-state index in [4.69, 9.17) is 11.6 Å². The fraction of sp³-hybridized carbons (Fsp3) is 0.238. The molecule has 0 heterocycles. The molecule has 0 aliphatic rings. The number of carbonyl (C=O) groups is 1. The number of aryl methyl sites for hydroxylation is 1. The Morgan fingerprint density at radius 1 is 1.19 bits per heavy atom. The van der Waals surface area contributed by atoms with Crippen molar-refractivity contribution in [3.63, 3.8) is 0 Å². The van der Waals surface area contributed by atoms with Crippen molar-refractivity contribution in [3.05, 3.63) is 76.3 Å². The molecule has 26 heavy (non-hydrogen) atoms. The highest BCUT2D eigenvalue weighted by Crippen LogP contribution is 2.23. The van der Waals surface area contributed by atoms with Gasteiger partial charge in [0.25, 0.3) is 0 Å². The molecular formula is C21H24ClN3O. The molecule has 0 radical (unpaired) electrons. The van der Waals surface area contributed by atoms with Crippen LogP contribution in [0.25, 0.3) is 5.70 Å². The summed E-state index contributed by atoms with van der Waals surface area (Å²) in [5, 5.41) is 6.33. The van der Waals surface area contributed by atoms with Gasteiger partial charge in [0.2, 0.25) is 0 Å². The second-order valence-electron chi connectivity index (χ2n) is 6.00. The van der Waals surface area contributed by atoms with E-state index < -0.39 is 6.03 Å². The van der Waals surface area contributed by atoms with E-state index in [1.54, 1.807) is 6.07 Å². The first kappa shape index (κ1) is 19.9. The zero-order valence-corrected chi connectivity index (χ0v) is 16.2. The first-order valence-corrected chi connectivity index (χ1v) is 8.90. The van der Waals surface area contributed by atoms with E-state index in [1.807, 2.05) is 44.3 Å². The maximum absolute atomic E-state index is 12.3. The molecule has 2 rings (SSSR count). The second kappa shape index (κ2) is 9.32. The van der Waals surface area contributed by atoms with Crippen LogP contribution in [0, 0.1) is 0 Å². The fourth-order valence-corrected chi connectivity index (χ4v) is 2.81. The van der Waals surface area contributed by atoms with E-state index >= 15 is 0 Å². The van der Waals surface area contributed by atoms with Gasteiger partial charge in [0.05, 0.1) is 5.71 Å². The van der Waals surface area contributed by atoms with Gasteiger partial charge in [0.15, 0.2) is 0 Å². The van der Waals surface area contributed by atoms with Gasteiger partial charge in [-0.1, -0.05) is 49.4 Å². The molecule has 2 aromatic carbocycles. The van der Waals surface area contributed by atoms with Crippen molar-refractivity contribution < 1.29 is 4.79 Å². The molecule has 0 saturated carbocycles. The van der Waals surface area contributed by atoms with E-state index in [0.717, 1.165) is 17.5 Å². The number of hydrogen-bond donors (Lipinski definition) is 2. The lowest BCUT2D eigenvalue weighted by molar-refractivity contribution is 0.253. The maximum atomic E-state index is 12.3. The molecule has 2 aromatic rings. The molecule has 2 amide bonds. The maximum Gasteiger partial charge on any atom is 0.345 e. The van der Waals surface area contributed by atoms with Gasteiger partial charge >= 0.3 is 6.03 Å². The minimum absolute atomic E-state index is 0.428. The van der Waals surface area contributed by atoms with Gasteiger partial charge in [0.1, 0.15) is 0 Å². The highest BCUT2D eigenvalue weighted by atomic mass is 35.5. The van der Waals surface area contributed by atoms with Gasteiger partial charge < -0.3 is 10.6 Å². The van der Waals surface area contributed by atoms with Crippen LogP contribution in [0.3, 0.4) is 0 Å². The number of halogens is 1. The van der Waals surface area contributed by atoms with Gasteiger partial charge in [-0.15, -0.1) is 0 Å². The van der Waals surface area contributed by atoms with Crippen LogP contribution in [0.2, 0.25) is 5.02 Å². The van der Waals surface area contributed by atoms with E-state index in [0.29, 0.717) is 28.5 Å². The number of hydrogen-bond acceptors (Lipinski definition) is 2. The van der Waals surface area contributed by atoms with E-state index in [9.17, 15) is 4.79 Å². The molecule has 0 saturated heterocycles. The van der Waals surface area contributed by atoms with Crippen LogP contribution in [0.1, 0.15) is 36.1 Å². The summed E-state index contributed by atoms with van der Waals surface area (Å²) < 4.78 is 0. The average molecular weight is 370 g/mol. The number of nitrogens with one attached hydrogen (secondary N) is 2. The van der Waals surface area contributed by atoms with Crippen LogP contribution >= 0.6 is 11.6 Å². The van der Waals surface area contributed by atoms with Crippen molar-refractivity contribution in [1.82, 2.24) is 10.6 Å². The number of benzene rings is 2. The molecule has 2 N–H and O–H groups in total. The molecule has 0 bridgehead atoms. The molecule has 0 unspecified atom stereocenters. The van der Waals surface area contributed by atoms with E-state index in [2.05, 4.69) is 35.2 Å². The Bertz CT molecular complexity index is 843. The largest absolute Gasteiger partial charge is 0.345 e. The second-order valence-corrected chi connectivity index (χ2v) is 6.41.